The lowest BCUT2D eigenvalue weighted by molar-refractivity contribution is 0.296. The van der Waals surface area contributed by atoms with Gasteiger partial charge in [0.1, 0.15) is 12.4 Å². The van der Waals surface area contributed by atoms with Gasteiger partial charge in [-0.1, -0.05) is 22.9 Å². The number of ether oxygens (including phenoxy) is 1. The van der Waals surface area contributed by atoms with E-state index in [1.807, 2.05) is 10.9 Å². The normalized spacial score (nSPS) is 10.8. The van der Waals surface area contributed by atoms with Crippen LogP contribution in [0.2, 0.25) is 0 Å². The van der Waals surface area contributed by atoms with Crippen molar-refractivity contribution in [3.8, 4) is 5.75 Å². The van der Waals surface area contributed by atoms with Gasteiger partial charge in [0.25, 0.3) is 0 Å². The second-order valence-corrected chi connectivity index (χ2v) is 6.29. The quantitative estimate of drug-likeness (QED) is 0.753. The molecule has 0 spiro atoms. The van der Waals surface area contributed by atoms with E-state index in [1.54, 1.807) is 11.3 Å². The molecule has 1 aromatic heterocycles. The van der Waals surface area contributed by atoms with E-state index in [4.69, 9.17) is 4.74 Å². The highest BCUT2D eigenvalue weighted by atomic mass is 79.9. The maximum absolute atomic E-state index is 5.98. The van der Waals surface area contributed by atoms with Crippen molar-refractivity contribution in [2.45, 2.75) is 33.4 Å². The molecule has 0 aliphatic carbocycles. The first-order valence-corrected chi connectivity index (χ1v) is 8.44. The fraction of sp³-hybridized carbons (Fsp3) is 0.400. The van der Waals surface area contributed by atoms with E-state index in [-0.39, 0.29) is 0 Å². The Hall–Kier alpha value is -0.910. The molecule has 0 atom stereocenters. The van der Waals surface area contributed by atoms with E-state index in [1.165, 1.54) is 5.56 Å². The minimum Gasteiger partial charge on any atom is -0.487 e. The van der Waals surface area contributed by atoms with Gasteiger partial charge in [-0.25, -0.2) is 4.98 Å². The first kappa shape index (κ1) is 15.5. The minimum absolute atomic E-state index is 0.521. The van der Waals surface area contributed by atoms with Crippen LogP contribution in [0.15, 0.2) is 27.5 Å². The van der Waals surface area contributed by atoms with Crippen molar-refractivity contribution >= 4 is 27.3 Å². The second kappa shape index (κ2) is 7.76. The summed E-state index contributed by atoms with van der Waals surface area (Å²) in [5, 5.41) is 5.44. The van der Waals surface area contributed by atoms with Crippen molar-refractivity contribution in [3.05, 3.63) is 44.3 Å². The Morgan fingerprint density at radius 1 is 1.40 bits per heavy atom. The van der Waals surface area contributed by atoms with Gasteiger partial charge in [0.15, 0.2) is 0 Å². The average Bonchev–Trinajstić information content (AvgIpc) is 2.91. The molecule has 0 amide bonds. The molecule has 0 saturated heterocycles. The molecule has 1 aromatic carbocycles. The summed E-state index contributed by atoms with van der Waals surface area (Å²) < 4.78 is 7.07. The Morgan fingerprint density at radius 2 is 2.25 bits per heavy atom. The van der Waals surface area contributed by atoms with Crippen LogP contribution in [0, 0.1) is 6.92 Å². The summed E-state index contributed by atoms with van der Waals surface area (Å²) in [6, 6.07) is 4.20. The van der Waals surface area contributed by atoms with Crippen LogP contribution in [0.3, 0.4) is 0 Å². The largest absolute Gasteiger partial charge is 0.487 e. The lowest BCUT2D eigenvalue weighted by atomic mass is 10.1. The molecule has 0 saturated carbocycles. The van der Waals surface area contributed by atoms with Crippen molar-refractivity contribution in [2.24, 2.45) is 0 Å². The van der Waals surface area contributed by atoms with Crippen LogP contribution in [0.4, 0.5) is 0 Å². The number of nitrogens with zero attached hydrogens (tertiary/aromatic N) is 1. The SMILES string of the molecule is CCCNCc1cc(Br)cc(C)c1OCc1cscn1. The molecule has 5 heteroatoms. The molecule has 0 unspecified atom stereocenters. The van der Waals surface area contributed by atoms with Gasteiger partial charge >= 0.3 is 0 Å². The molecule has 0 bridgehead atoms. The zero-order valence-electron chi connectivity index (χ0n) is 11.8. The molecule has 0 fully saturated rings. The number of hydrogen-bond acceptors (Lipinski definition) is 4. The van der Waals surface area contributed by atoms with Crippen LogP contribution in [0.1, 0.15) is 30.2 Å². The number of nitrogens with one attached hydrogen (secondary N) is 1. The minimum atomic E-state index is 0.521. The van der Waals surface area contributed by atoms with E-state index in [2.05, 4.69) is 52.2 Å². The molecular weight excluding hydrogens is 336 g/mol. The summed E-state index contributed by atoms with van der Waals surface area (Å²) in [7, 11) is 0. The second-order valence-electron chi connectivity index (χ2n) is 4.66. The molecule has 1 heterocycles. The fourth-order valence-corrected chi connectivity index (χ4v) is 3.15. The zero-order chi connectivity index (χ0) is 14.4. The highest BCUT2D eigenvalue weighted by Gasteiger charge is 2.09. The van der Waals surface area contributed by atoms with E-state index in [0.29, 0.717) is 6.61 Å². The molecular formula is C15H19BrN2OS. The van der Waals surface area contributed by atoms with Crippen molar-refractivity contribution < 1.29 is 4.74 Å². The van der Waals surface area contributed by atoms with Crippen LogP contribution in [0.5, 0.6) is 5.75 Å². The summed E-state index contributed by atoms with van der Waals surface area (Å²) in [6.07, 6.45) is 1.13. The van der Waals surface area contributed by atoms with Gasteiger partial charge in [-0.2, -0.15) is 0 Å². The maximum atomic E-state index is 5.98. The molecule has 20 heavy (non-hydrogen) atoms. The monoisotopic (exact) mass is 354 g/mol. The van der Waals surface area contributed by atoms with Crippen LogP contribution >= 0.6 is 27.3 Å². The number of hydrogen-bond donors (Lipinski definition) is 1. The van der Waals surface area contributed by atoms with Crippen molar-refractivity contribution in [2.75, 3.05) is 6.54 Å². The topological polar surface area (TPSA) is 34.1 Å². The summed E-state index contributed by atoms with van der Waals surface area (Å²) in [4.78, 5) is 4.25. The molecule has 1 N–H and O–H groups in total. The lowest BCUT2D eigenvalue weighted by Crippen LogP contribution is -2.15. The summed E-state index contributed by atoms with van der Waals surface area (Å²) in [5.41, 5.74) is 5.13. The molecule has 0 radical (unpaired) electrons. The third kappa shape index (κ3) is 4.30. The van der Waals surface area contributed by atoms with Crippen molar-refractivity contribution in [1.29, 1.82) is 0 Å². The Kier molecular flexibility index (Phi) is 6.01. The first-order chi connectivity index (χ1) is 9.70. The molecule has 2 rings (SSSR count). The third-order valence-electron chi connectivity index (χ3n) is 2.91. The van der Waals surface area contributed by atoms with Crippen molar-refractivity contribution in [1.82, 2.24) is 10.3 Å². The number of benzene rings is 1. The van der Waals surface area contributed by atoms with Gasteiger partial charge in [-0.05, 0) is 37.6 Å². The number of halogens is 1. The number of rotatable bonds is 7. The molecule has 0 aliphatic rings. The van der Waals surface area contributed by atoms with Crippen LogP contribution < -0.4 is 10.1 Å². The van der Waals surface area contributed by atoms with E-state index < -0.39 is 0 Å². The van der Waals surface area contributed by atoms with Crippen LogP contribution in [0.25, 0.3) is 0 Å². The molecule has 108 valence electrons. The van der Waals surface area contributed by atoms with Gasteiger partial charge in [0.05, 0.1) is 11.2 Å². The summed E-state index contributed by atoms with van der Waals surface area (Å²) in [5.74, 6) is 0.963. The Balaban J connectivity index is 2.11. The molecule has 2 aromatic rings. The van der Waals surface area contributed by atoms with Crippen LogP contribution in [-0.2, 0) is 13.2 Å². The molecule has 3 nitrogen and oxygen atoms in total. The van der Waals surface area contributed by atoms with Gasteiger partial charge in [-0.15, -0.1) is 11.3 Å². The number of aromatic nitrogens is 1. The number of thiazole rings is 1. The van der Waals surface area contributed by atoms with Gasteiger partial charge in [0.2, 0.25) is 0 Å². The smallest absolute Gasteiger partial charge is 0.131 e. The van der Waals surface area contributed by atoms with E-state index in [9.17, 15) is 0 Å². The van der Waals surface area contributed by atoms with Gasteiger partial charge in [0, 0.05) is 22.0 Å². The Labute approximate surface area is 132 Å². The molecule has 0 aliphatic heterocycles. The summed E-state index contributed by atoms with van der Waals surface area (Å²) in [6.45, 7) is 6.59. The van der Waals surface area contributed by atoms with Gasteiger partial charge < -0.3 is 10.1 Å². The Morgan fingerprint density at radius 3 is 2.95 bits per heavy atom. The van der Waals surface area contributed by atoms with E-state index >= 15 is 0 Å². The highest BCUT2D eigenvalue weighted by Crippen LogP contribution is 2.28. The fourth-order valence-electron chi connectivity index (χ4n) is 1.99. The maximum Gasteiger partial charge on any atom is 0.131 e. The predicted molar refractivity (Wildman–Crippen MR) is 87.3 cm³/mol. The lowest BCUT2D eigenvalue weighted by Gasteiger charge is -2.15. The number of aryl methyl sites for hydroxylation is 1. The van der Waals surface area contributed by atoms with Crippen LogP contribution in [-0.4, -0.2) is 11.5 Å². The third-order valence-corrected chi connectivity index (χ3v) is 4.00. The average molecular weight is 355 g/mol. The van der Waals surface area contributed by atoms with Crippen molar-refractivity contribution in [3.63, 3.8) is 0 Å². The Bertz CT molecular complexity index is 543. The predicted octanol–water partition coefficient (Wildman–Crippen LogP) is 4.29. The summed E-state index contributed by atoms with van der Waals surface area (Å²) >= 11 is 5.14. The standard InChI is InChI=1S/C15H19BrN2OS/c1-3-4-17-7-12-6-13(16)5-11(2)15(12)19-8-14-9-20-10-18-14/h5-6,9-10,17H,3-4,7-8H2,1-2H3. The highest BCUT2D eigenvalue weighted by molar-refractivity contribution is 9.10. The van der Waals surface area contributed by atoms with Gasteiger partial charge in [-0.3, -0.25) is 0 Å². The zero-order valence-corrected chi connectivity index (χ0v) is 14.2. The first-order valence-electron chi connectivity index (χ1n) is 6.70. The van der Waals surface area contributed by atoms with E-state index in [0.717, 1.165) is 41.0 Å².